The lowest BCUT2D eigenvalue weighted by molar-refractivity contribution is 0.164. The topological polar surface area (TPSA) is 72.3 Å². The first-order valence-electron chi connectivity index (χ1n) is 4.31. The highest BCUT2D eigenvalue weighted by Crippen LogP contribution is 2.18. The lowest BCUT2D eigenvalue weighted by Crippen LogP contribution is -2.23. The third kappa shape index (κ3) is 2.44. The zero-order valence-corrected chi connectivity index (χ0v) is 7.99. The van der Waals surface area contributed by atoms with E-state index in [2.05, 4.69) is 0 Å². The molecule has 0 aliphatic carbocycles. The summed E-state index contributed by atoms with van der Waals surface area (Å²) in [6, 6.07) is 5.25. The van der Waals surface area contributed by atoms with Crippen LogP contribution in [-0.2, 0) is 0 Å². The van der Waals surface area contributed by atoms with Gasteiger partial charge in [0.15, 0.2) is 0 Å². The summed E-state index contributed by atoms with van der Waals surface area (Å²) in [6.45, 7) is 3.62. The molecule has 13 heavy (non-hydrogen) atoms. The predicted octanol–water partition coefficient (Wildman–Crippen LogP) is 0.958. The van der Waals surface area contributed by atoms with Gasteiger partial charge in [0.05, 0.1) is 12.1 Å². The van der Waals surface area contributed by atoms with E-state index in [0.717, 1.165) is 11.1 Å². The Hall–Kier alpha value is -1.06. The lowest BCUT2D eigenvalue weighted by Gasteiger charge is -2.16. The molecular weight excluding hydrogens is 164 g/mol. The number of aliphatic hydroxyl groups excluding tert-OH is 1. The van der Waals surface area contributed by atoms with E-state index in [1.54, 1.807) is 13.0 Å². The smallest absolute Gasteiger partial charge is 0.0704 e. The molecule has 0 unspecified atom stereocenters. The first-order valence-corrected chi connectivity index (χ1v) is 4.31. The number of hydrogen-bond donors (Lipinski definition) is 3. The molecule has 0 heterocycles. The fourth-order valence-corrected chi connectivity index (χ4v) is 1.31. The minimum Gasteiger partial charge on any atom is -0.399 e. The van der Waals surface area contributed by atoms with Crippen molar-refractivity contribution in [3.63, 3.8) is 0 Å². The quantitative estimate of drug-likeness (QED) is 0.593. The normalized spacial score (nSPS) is 15.4. The van der Waals surface area contributed by atoms with Crippen LogP contribution in [0.1, 0.15) is 24.1 Å². The Balaban J connectivity index is 3.01. The van der Waals surface area contributed by atoms with Crippen LogP contribution in [0.15, 0.2) is 18.2 Å². The molecule has 0 aliphatic rings. The molecule has 0 fully saturated rings. The molecule has 0 radical (unpaired) electrons. The minimum absolute atomic E-state index is 0.359. The van der Waals surface area contributed by atoms with Gasteiger partial charge in [0.1, 0.15) is 0 Å². The second kappa shape index (κ2) is 3.77. The SMILES string of the molecule is Cc1cc(N)cc([C@@H](N)[C@@H](C)O)c1. The zero-order valence-electron chi connectivity index (χ0n) is 7.99. The summed E-state index contributed by atoms with van der Waals surface area (Å²) in [5, 5.41) is 9.29. The maximum Gasteiger partial charge on any atom is 0.0704 e. The van der Waals surface area contributed by atoms with Gasteiger partial charge in [-0.1, -0.05) is 6.07 Å². The van der Waals surface area contributed by atoms with Gasteiger partial charge >= 0.3 is 0 Å². The molecule has 0 saturated heterocycles. The van der Waals surface area contributed by atoms with Gasteiger partial charge in [-0.25, -0.2) is 0 Å². The standard InChI is InChI=1S/C10H16N2O/c1-6-3-8(5-9(11)4-6)10(12)7(2)13/h3-5,7,10,13H,11-12H2,1-2H3/t7-,10+/m1/s1. The van der Waals surface area contributed by atoms with Crippen molar-refractivity contribution in [1.82, 2.24) is 0 Å². The van der Waals surface area contributed by atoms with Crippen molar-refractivity contribution in [2.45, 2.75) is 26.0 Å². The maximum atomic E-state index is 9.29. The van der Waals surface area contributed by atoms with Crippen LogP contribution < -0.4 is 11.5 Å². The van der Waals surface area contributed by atoms with E-state index >= 15 is 0 Å². The molecule has 1 rings (SSSR count). The highest BCUT2D eigenvalue weighted by molar-refractivity contribution is 5.45. The maximum absolute atomic E-state index is 9.29. The van der Waals surface area contributed by atoms with Gasteiger partial charge in [-0.05, 0) is 37.1 Å². The van der Waals surface area contributed by atoms with Crippen molar-refractivity contribution in [3.05, 3.63) is 29.3 Å². The average molecular weight is 180 g/mol. The van der Waals surface area contributed by atoms with Crippen LogP contribution in [0.3, 0.4) is 0 Å². The molecule has 72 valence electrons. The summed E-state index contributed by atoms with van der Waals surface area (Å²) in [7, 11) is 0. The van der Waals surface area contributed by atoms with E-state index in [4.69, 9.17) is 11.5 Å². The molecule has 3 nitrogen and oxygen atoms in total. The molecule has 0 bridgehead atoms. The highest BCUT2D eigenvalue weighted by atomic mass is 16.3. The molecule has 0 aliphatic heterocycles. The summed E-state index contributed by atoms with van der Waals surface area (Å²) in [4.78, 5) is 0. The third-order valence-electron chi connectivity index (χ3n) is 2.03. The van der Waals surface area contributed by atoms with Gasteiger partial charge in [0, 0.05) is 5.69 Å². The van der Waals surface area contributed by atoms with Crippen LogP contribution in [0.5, 0.6) is 0 Å². The number of aliphatic hydroxyl groups is 1. The van der Waals surface area contributed by atoms with Crippen molar-refractivity contribution in [2.75, 3.05) is 5.73 Å². The highest BCUT2D eigenvalue weighted by Gasteiger charge is 2.12. The molecule has 5 N–H and O–H groups in total. The summed E-state index contributed by atoms with van der Waals surface area (Å²) in [5.41, 5.74) is 14.1. The van der Waals surface area contributed by atoms with Crippen molar-refractivity contribution in [3.8, 4) is 0 Å². The Kier molecular flexibility index (Phi) is 2.90. The van der Waals surface area contributed by atoms with Crippen LogP contribution in [0, 0.1) is 6.92 Å². The van der Waals surface area contributed by atoms with Gasteiger partial charge < -0.3 is 16.6 Å². The van der Waals surface area contributed by atoms with Crippen LogP contribution in [-0.4, -0.2) is 11.2 Å². The molecule has 1 aromatic rings. The molecule has 3 heteroatoms. The zero-order chi connectivity index (χ0) is 10.0. The van der Waals surface area contributed by atoms with Crippen molar-refractivity contribution >= 4 is 5.69 Å². The largest absolute Gasteiger partial charge is 0.399 e. The van der Waals surface area contributed by atoms with E-state index in [9.17, 15) is 5.11 Å². The number of rotatable bonds is 2. The van der Waals surface area contributed by atoms with Crippen molar-refractivity contribution < 1.29 is 5.11 Å². The number of hydrogen-bond acceptors (Lipinski definition) is 3. The molecule has 1 aromatic carbocycles. The second-order valence-electron chi connectivity index (χ2n) is 3.44. The number of anilines is 1. The van der Waals surface area contributed by atoms with Crippen LogP contribution in [0.2, 0.25) is 0 Å². The fourth-order valence-electron chi connectivity index (χ4n) is 1.31. The van der Waals surface area contributed by atoms with Crippen LogP contribution in [0.25, 0.3) is 0 Å². The fraction of sp³-hybridized carbons (Fsp3) is 0.400. The monoisotopic (exact) mass is 180 g/mol. The Morgan fingerprint density at radius 3 is 2.38 bits per heavy atom. The summed E-state index contributed by atoms with van der Waals surface area (Å²) < 4.78 is 0. The molecule has 2 atom stereocenters. The molecular formula is C10H16N2O. The van der Waals surface area contributed by atoms with Gasteiger partial charge in [0.25, 0.3) is 0 Å². The Labute approximate surface area is 78.4 Å². The summed E-state index contributed by atoms with van der Waals surface area (Å²) in [5.74, 6) is 0. The van der Waals surface area contributed by atoms with Gasteiger partial charge in [0.2, 0.25) is 0 Å². The Bertz CT molecular complexity index is 277. The van der Waals surface area contributed by atoms with Gasteiger partial charge in [-0.15, -0.1) is 0 Å². The summed E-state index contributed by atoms with van der Waals surface area (Å²) >= 11 is 0. The van der Waals surface area contributed by atoms with Gasteiger partial charge in [-0.2, -0.15) is 0 Å². The van der Waals surface area contributed by atoms with E-state index < -0.39 is 6.10 Å². The van der Waals surface area contributed by atoms with Gasteiger partial charge in [-0.3, -0.25) is 0 Å². The predicted molar refractivity (Wildman–Crippen MR) is 54.2 cm³/mol. The second-order valence-corrected chi connectivity index (χ2v) is 3.44. The Morgan fingerprint density at radius 2 is 1.92 bits per heavy atom. The number of nitrogens with two attached hydrogens (primary N) is 2. The number of aryl methyl sites for hydroxylation is 1. The van der Waals surface area contributed by atoms with E-state index in [1.165, 1.54) is 0 Å². The van der Waals surface area contributed by atoms with Crippen molar-refractivity contribution in [1.29, 1.82) is 0 Å². The molecule has 0 saturated carbocycles. The lowest BCUT2D eigenvalue weighted by atomic mass is 10.0. The van der Waals surface area contributed by atoms with Crippen molar-refractivity contribution in [2.24, 2.45) is 5.73 Å². The molecule has 0 aromatic heterocycles. The third-order valence-corrected chi connectivity index (χ3v) is 2.03. The number of nitrogen functional groups attached to an aromatic ring is 1. The summed E-state index contributed by atoms with van der Waals surface area (Å²) in [6.07, 6.45) is -0.554. The Morgan fingerprint density at radius 1 is 1.31 bits per heavy atom. The molecule has 0 amide bonds. The van der Waals surface area contributed by atoms with Crippen LogP contribution >= 0.6 is 0 Å². The molecule has 0 spiro atoms. The van der Waals surface area contributed by atoms with E-state index in [-0.39, 0.29) is 6.04 Å². The van der Waals surface area contributed by atoms with E-state index in [1.807, 2.05) is 19.1 Å². The van der Waals surface area contributed by atoms with Crippen LogP contribution in [0.4, 0.5) is 5.69 Å². The first kappa shape index (κ1) is 10.0. The number of benzene rings is 1. The minimum atomic E-state index is -0.554. The first-order chi connectivity index (χ1) is 6.00. The average Bonchev–Trinajstić information content (AvgIpc) is 2.01. The van der Waals surface area contributed by atoms with E-state index in [0.29, 0.717) is 5.69 Å².